The van der Waals surface area contributed by atoms with Crippen molar-refractivity contribution in [3.63, 3.8) is 0 Å². The third-order valence-electron chi connectivity index (χ3n) is 2.77. The van der Waals surface area contributed by atoms with E-state index in [0.717, 1.165) is 0 Å². The lowest BCUT2D eigenvalue weighted by atomic mass is 10.2. The first-order valence-electron chi connectivity index (χ1n) is 7.10. The van der Waals surface area contributed by atoms with Gasteiger partial charge in [0.05, 0.1) is 11.0 Å². The Balaban J connectivity index is -0.000000591. The predicted octanol–water partition coefficient (Wildman–Crippen LogP) is 8.06. The summed E-state index contributed by atoms with van der Waals surface area (Å²) in [6.07, 6.45) is 4.78. The highest BCUT2D eigenvalue weighted by atomic mass is 79.9. The maximum atomic E-state index is 14.0. The number of hydrogen-bond acceptors (Lipinski definition) is 1. The van der Waals surface area contributed by atoms with Gasteiger partial charge in [-0.2, -0.15) is 0 Å². The highest BCUT2D eigenvalue weighted by Crippen LogP contribution is 2.36. The molecule has 2 aromatic carbocycles. The first-order valence-corrected chi connectivity index (χ1v) is 8.27. The SMILES string of the molecule is C.C.C#CC#CC#CC.[C-]#[N+]c1cc(Cl)cc(Oc2c(Br)ccc(C)c2F)c1.[HH]. The molecule has 146 valence electrons. The van der Waals surface area contributed by atoms with E-state index in [0.29, 0.717) is 26.5 Å². The Morgan fingerprint density at radius 2 is 1.89 bits per heavy atom. The minimum absolute atomic E-state index is 0. The van der Waals surface area contributed by atoms with Gasteiger partial charge in [-0.25, -0.2) is 9.24 Å². The lowest BCUT2D eigenvalue weighted by Gasteiger charge is -2.11. The van der Waals surface area contributed by atoms with E-state index in [-0.39, 0.29) is 22.0 Å². The van der Waals surface area contributed by atoms with Crippen LogP contribution in [-0.2, 0) is 0 Å². The molecule has 0 aliphatic carbocycles. The van der Waals surface area contributed by atoms with E-state index in [1.807, 2.05) is 0 Å². The second-order valence-corrected chi connectivity index (χ2v) is 5.93. The number of ether oxygens (including phenoxy) is 1. The summed E-state index contributed by atoms with van der Waals surface area (Å²) < 4.78 is 20.0. The predicted molar refractivity (Wildman–Crippen MR) is 122 cm³/mol. The van der Waals surface area contributed by atoms with Gasteiger partial charge in [0.25, 0.3) is 0 Å². The third kappa shape index (κ3) is 8.66. The number of halogens is 3. The first-order chi connectivity index (χ1) is 12.4. The van der Waals surface area contributed by atoms with Crippen molar-refractivity contribution in [2.75, 3.05) is 0 Å². The molecule has 0 fully saturated rings. The molecule has 0 amide bonds. The van der Waals surface area contributed by atoms with E-state index in [2.05, 4.69) is 50.4 Å². The van der Waals surface area contributed by atoms with Crippen molar-refractivity contribution in [2.24, 2.45) is 0 Å². The van der Waals surface area contributed by atoms with Crippen LogP contribution in [0.25, 0.3) is 4.85 Å². The van der Waals surface area contributed by atoms with Crippen LogP contribution in [0.3, 0.4) is 0 Å². The zero-order valence-electron chi connectivity index (χ0n) is 14.0. The molecule has 0 aromatic heterocycles. The van der Waals surface area contributed by atoms with Crippen LogP contribution in [-0.4, -0.2) is 0 Å². The maximum Gasteiger partial charge on any atom is 0.192 e. The number of benzene rings is 2. The molecule has 2 aromatic rings. The Bertz CT molecular complexity index is 1020. The lowest BCUT2D eigenvalue weighted by molar-refractivity contribution is 0.437. The number of terminal acetylenes is 1. The van der Waals surface area contributed by atoms with E-state index in [1.54, 1.807) is 26.0 Å². The molecular weight excluding hydrogens is 441 g/mol. The van der Waals surface area contributed by atoms with Crippen molar-refractivity contribution in [3.05, 3.63) is 62.6 Å². The molecule has 0 spiro atoms. The van der Waals surface area contributed by atoms with Crippen LogP contribution < -0.4 is 4.74 Å². The zero-order valence-corrected chi connectivity index (χ0v) is 16.3. The molecule has 0 unspecified atom stereocenters. The molecular formula is C23H22BrClFNO. The Labute approximate surface area is 182 Å². The van der Waals surface area contributed by atoms with Crippen molar-refractivity contribution >= 4 is 33.2 Å². The number of rotatable bonds is 2. The average molecular weight is 463 g/mol. The highest BCUT2D eigenvalue weighted by Gasteiger charge is 2.13. The molecule has 2 nitrogen and oxygen atoms in total. The molecule has 0 aliphatic heterocycles. The van der Waals surface area contributed by atoms with Gasteiger partial charge in [-0.15, -0.1) is 6.42 Å². The summed E-state index contributed by atoms with van der Waals surface area (Å²) in [7, 11) is 0. The summed E-state index contributed by atoms with van der Waals surface area (Å²) in [5.41, 5.74) is 0.817. The monoisotopic (exact) mass is 461 g/mol. The quantitative estimate of drug-likeness (QED) is 0.325. The Morgan fingerprint density at radius 3 is 2.46 bits per heavy atom. The van der Waals surface area contributed by atoms with Crippen molar-refractivity contribution in [1.82, 2.24) is 0 Å². The van der Waals surface area contributed by atoms with E-state index >= 15 is 0 Å². The zero-order chi connectivity index (χ0) is 19.5. The molecule has 0 saturated carbocycles. The topological polar surface area (TPSA) is 13.6 Å². The van der Waals surface area contributed by atoms with Crippen LogP contribution in [0.4, 0.5) is 10.1 Å². The molecule has 0 bridgehead atoms. The number of hydrogen-bond donors (Lipinski definition) is 0. The van der Waals surface area contributed by atoms with Crippen LogP contribution in [0.5, 0.6) is 11.5 Å². The van der Waals surface area contributed by atoms with Crippen molar-refractivity contribution in [1.29, 1.82) is 0 Å². The molecule has 2 rings (SSSR count). The number of aryl methyl sites for hydroxylation is 1. The summed E-state index contributed by atoms with van der Waals surface area (Å²) in [5.74, 6) is 12.0. The van der Waals surface area contributed by atoms with Gasteiger partial charge >= 0.3 is 0 Å². The van der Waals surface area contributed by atoms with Gasteiger partial charge in [-0.05, 0) is 83.3 Å². The van der Waals surface area contributed by atoms with Crippen LogP contribution in [0, 0.1) is 55.3 Å². The molecule has 0 aliphatic rings. The van der Waals surface area contributed by atoms with Crippen molar-refractivity contribution in [3.8, 4) is 47.5 Å². The third-order valence-corrected chi connectivity index (χ3v) is 3.61. The molecule has 28 heavy (non-hydrogen) atoms. The molecule has 0 atom stereocenters. The van der Waals surface area contributed by atoms with Crippen LogP contribution >= 0.6 is 27.5 Å². The molecule has 0 N–H and O–H groups in total. The summed E-state index contributed by atoms with van der Waals surface area (Å²) in [6.45, 7) is 10.3. The van der Waals surface area contributed by atoms with E-state index in [9.17, 15) is 4.39 Å². The molecule has 0 saturated heterocycles. The van der Waals surface area contributed by atoms with Gasteiger partial charge in [-0.3, -0.25) is 0 Å². The molecule has 0 heterocycles. The smallest absolute Gasteiger partial charge is 0.192 e. The Kier molecular flexibility index (Phi) is 13.9. The maximum absolute atomic E-state index is 14.0. The van der Waals surface area contributed by atoms with Gasteiger partial charge in [0.2, 0.25) is 0 Å². The lowest BCUT2D eigenvalue weighted by Crippen LogP contribution is -1.92. The van der Waals surface area contributed by atoms with Crippen molar-refractivity contribution < 1.29 is 10.6 Å². The van der Waals surface area contributed by atoms with Crippen LogP contribution in [0.1, 0.15) is 28.8 Å². The minimum atomic E-state index is -0.446. The summed E-state index contributed by atoms with van der Waals surface area (Å²) in [5, 5.41) is 0.368. The fraction of sp³-hybridized carbons (Fsp3) is 0.174. The highest BCUT2D eigenvalue weighted by molar-refractivity contribution is 9.10. The molecule has 0 radical (unpaired) electrons. The summed E-state index contributed by atoms with van der Waals surface area (Å²) in [4.78, 5) is 3.28. The normalized spacial score (nSPS) is 7.68. The first kappa shape index (κ1) is 27.3. The minimum Gasteiger partial charge on any atom is -0.454 e. The van der Waals surface area contributed by atoms with E-state index in [1.165, 1.54) is 18.2 Å². The fourth-order valence-electron chi connectivity index (χ4n) is 1.64. The van der Waals surface area contributed by atoms with E-state index < -0.39 is 5.82 Å². The van der Waals surface area contributed by atoms with Crippen molar-refractivity contribution in [2.45, 2.75) is 28.7 Å². The fourth-order valence-corrected chi connectivity index (χ4v) is 2.25. The van der Waals surface area contributed by atoms with Crippen LogP contribution in [0.2, 0.25) is 5.02 Å². The number of nitrogens with zero attached hydrogens (tertiary/aromatic N) is 1. The van der Waals surface area contributed by atoms with Gasteiger partial charge in [-0.1, -0.05) is 38.4 Å². The Hall–Kier alpha value is -2.89. The van der Waals surface area contributed by atoms with Gasteiger partial charge < -0.3 is 4.74 Å². The molecule has 5 heteroatoms. The Morgan fingerprint density at radius 1 is 1.21 bits per heavy atom. The summed E-state index contributed by atoms with van der Waals surface area (Å²) in [6, 6.07) is 7.91. The second-order valence-electron chi connectivity index (χ2n) is 4.64. The van der Waals surface area contributed by atoms with Crippen LogP contribution in [0.15, 0.2) is 34.8 Å². The van der Waals surface area contributed by atoms with E-state index in [4.69, 9.17) is 29.3 Å². The van der Waals surface area contributed by atoms with Gasteiger partial charge in [0, 0.05) is 6.45 Å². The average Bonchev–Trinajstić information content (AvgIpc) is 2.62. The largest absolute Gasteiger partial charge is 0.454 e. The standard InChI is InChI=1S/C14H8BrClFNO.C7H4.2CH4.H2/c1-8-3-4-12(15)14(13(8)17)19-11-6-9(16)5-10(7-11)18-2;1-3-5-7-6-4-2;;;/h3-7H,1H3;1H,2H3;2*1H4;1H. The summed E-state index contributed by atoms with van der Waals surface area (Å²) >= 11 is 9.11. The van der Waals surface area contributed by atoms with Gasteiger partial charge in [0.15, 0.2) is 17.3 Å². The second kappa shape index (κ2) is 14.2. The van der Waals surface area contributed by atoms with Gasteiger partial charge in [0.1, 0.15) is 5.75 Å².